The minimum absolute atomic E-state index is 0.0985. The van der Waals surface area contributed by atoms with Gasteiger partial charge in [0.25, 0.3) is 0 Å². The Bertz CT molecular complexity index is 526. The van der Waals surface area contributed by atoms with Crippen molar-refractivity contribution in [2.45, 2.75) is 25.7 Å². The lowest BCUT2D eigenvalue weighted by atomic mass is 10.1. The van der Waals surface area contributed by atoms with Crippen LogP contribution < -0.4 is 0 Å². The molecule has 5 heteroatoms. The second-order valence-electron chi connectivity index (χ2n) is 4.34. The topological polar surface area (TPSA) is 77.5 Å². The summed E-state index contributed by atoms with van der Waals surface area (Å²) in [6.45, 7) is 0. The molecule has 0 aliphatic carbocycles. The Morgan fingerprint density at radius 1 is 0.750 bits per heavy atom. The predicted molar refractivity (Wildman–Crippen MR) is 69.6 cm³/mol. The van der Waals surface area contributed by atoms with Gasteiger partial charge < -0.3 is 8.83 Å². The molecular weight excluding hydrogens is 260 g/mol. The van der Waals surface area contributed by atoms with Crippen LogP contribution in [-0.2, 0) is 4.79 Å². The van der Waals surface area contributed by atoms with Crippen LogP contribution >= 0.6 is 0 Å². The molecule has 0 aliphatic rings. The number of carbonyl (C=O) groups is 3. The van der Waals surface area contributed by atoms with Crippen molar-refractivity contribution in [3.8, 4) is 0 Å². The van der Waals surface area contributed by atoms with Crippen molar-refractivity contribution < 1.29 is 23.2 Å². The minimum atomic E-state index is -0.208. The molecule has 0 radical (unpaired) electrons. The Kier molecular flexibility index (Phi) is 4.65. The van der Waals surface area contributed by atoms with Gasteiger partial charge >= 0.3 is 0 Å². The first-order valence-electron chi connectivity index (χ1n) is 6.32. The van der Waals surface area contributed by atoms with Crippen molar-refractivity contribution in [1.29, 1.82) is 0 Å². The summed E-state index contributed by atoms with van der Waals surface area (Å²) in [6.07, 6.45) is 3.26. The van der Waals surface area contributed by atoms with Crippen molar-refractivity contribution in [3.63, 3.8) is 0 Å². The summed E-state index contributed by atoms with van der Waals surface area (Å²) in [6, 6.07) is 6.37. The van der Waals surface area contributed by atoms with Crippen LogP contribution in [-0.4, -0.2) is 17.3 Å². The first-order valence-corrected chi connectivity index (χ1v) is 6.32. The summed E-state index contributed by atoms with van der Waals surface area (Å²) in [5, 5.41) is 0. The van der Waals surface area contributed by atoms with Gasteiger partial charge in [0.15, 0.2) is 23.1 Å². The molecule has 2 rings (SSSR count). The van der Waals surface area contributed by atoms with Gasteiger partial charge in [-0.05, 0) is 24.3 Å². The fourth-order valence-corrected chi connectivity index (χ4v) is 1.75. The molecule has 2 aromatic heterocycles. The number of carbonyl (C=O) groups excluding carboxylic acids is 3. The van der Waals surface area contributed by atoms with Gasteiger partial charge in [-0.1, -0.05) is 0 Å². The number of Topliss-reactive ketones (excluding diaryl/α,β-unsaturated/α-hetero) is 3. The highest BCUT2D eigenvalue weighted by atomic mass is 16.3. The van der Waals surface area contributed by atoms with E-state index < -0.39 is 0 Å². The average Bonchev–Trinajstić information content (AvgIpc) is 3.14. The molecule has 0 spiro atoms. The number of furan rings is 2. The van der Waals surface area contributed by atoms with Crippen LogP contribution in [0.4, 0.5) is 0 Å². The van der Waals surface area contributed by atoms with Crippen molar-refractivity contribution in [1.82, 2.24) is 0 Å². The first kappa shape index (κ1) is 14.0. The zero-order valence-electron chi connectivity index (χ0n) is 10.8. The van der Waals surface area contributed by atoms with E-state index in [0.717, 1.165) is 0 Å². The van der Waals surface area contributed by atoms with E-state index in [2.05, 4.69) is 0 Å². The monoisotopic (exact) mass is 274 g/mol. The van der Waals surface area contributed by atoms with Crippen LogP contribution in [0.5, 0.6) is 0 Å². The molecule has 0 bridgehead atoms. The number of ketones is 3. The van der Waals surface area contributed by atoms with E-state index >= 15 is 0 Å². The van der Waals surface area contributed by atoms with E-state index in [4.69, 9.17) is 8.83 Å². The van der Waals surface area contributed by atoms with Gasteiger partial charge in [0, 0.05) is 25.7 Å². The van der Waals surface area contributed by atoms with Crippen molar-refractivity contribution in [3.05, 3.63) is 48.3 Å². The maximum atomic E-state index is 11.6. The summed E-state index contributed by atoms with van der Waals surface area (Å²) in [4.78, 5) is 34.8. The predicted octanol–water partition coefficient (Wildman–Crippen LogP) is 3.07. The normalized spacial score (nSPS) is 10.4. The van der Waals surface area contributed by atoms with E-state index in [0.29, 0.717) is 0 Å². The van der Waals surface area contributed by atoms with Gasteiger partial charge in [-0.2, -0.15) is 0 Å². The summed E-state index contributed by atoms with van der Waals surface area (Å²) in [5.74, 6) is -0.0276. The molecule has 2 aromatic rings. The molecule has 2 heterocycles. The number of rotatable bonds is 8. The SMILES string of the molecule is O=C(CCC(=O)c1ccco1)CCC(=O)c1ccco1. The Morgan fingerprint density at radius 2 is 1.20 bits per heavy atom. The van der Waals surface area contributed by atoms with E-state index in [1.165, 1.54) is 12.5 Å². The van der Waals surface area contributed by atoms with Crippen molar-refractivity contribution >= 4 is 17.3 Å². The molecule has 0 fully saturated rings. The Balaban J connectivity index is 1.71. The third-order valence-corrected chi connectivity index (χ3v) is 2.85. The van der Waals surface area contributed by atoms with Gasteiger partial charge in [-0.15, -0.1) is 0 Å². The molecule has 0 N–H and O–H groups in total. The van der Waals surface area contributed by atoms with Gasteiger partial charge in [-0.25, -0.2) is 0 Å². The maximum Gasteiger partial charge on any atom is 0.198 e. The molecule has 0 atom stereocenters. The molecule has 0 aliphatic heterocycles. The molecular formula is C15H14O5. The van der Waals surface area contributed by atoms with Crippen LogP contribution in [0.25, 0.3) is 0 Å². The van der Waals surface area contributed by atoms with E-state index in [1.54, 1.807) is 24.3 Å². The van der Waals surface area contributed by atoms with E-state index in [1.807, 2.05) is 0 Å². The molecule has 104 valence electrons. The van der Waals surface area contributed by atoms with Crippen LogP contribution in [0.1, 0.15) is 46.8 Å². The summed E-state index contributed by atoms with van der Waals surface area (Å²) in [5.41, 5.74) is 0. The van der Waals surface area contributed by atoms with Crippen molar-refractivity contribution in [2.75, 3.05) is 0 Å². The third-order valence-electron chi connectivity index (χ3n) is 2.85. The van der Waals surface area contributed by atoms with Crippen LogP contribution in [0.15, 0.2) is 45.6 Å². The number of hydrogen-bond donors (Lipinski definition) is 0. The van der Waals surface area contributed by atoms with Crippen LogP contribution in [0.2, 0.25) is 0 Å². The zero-order valence-corrected chi connectivity index (χ0v) is 10.8. The highest BCUT2D eigenvalue weighted by molar-refractivity contribution is 5.98. The standard InChI is InChI=1S/C15H14O5/c16-11(5-7-12(17)14-3-1-9-19-14)6-8-13(18)15-4-2-10-20-15/h1-4,9-10H,5-8H2. The second-order valence-corrected chi connectivity index (χ2v) is 4.34. The highest BCUT2D eigenvalue weighted by Gasteiger charge is 2.14. The summed E-state index contributed by atoms with van der Waals surface area (Å²) in [7, 11) is 0. The molecule has 5 nitrogen and oxygen atoms in total. The summed E-state index contributed by atoms with van der Waals surface area (Å²) >= 11 is 0. The zero-order chi connectivity index (χ0) is 14.4. The third kappa shape index (κ3) is 3.78. The first-order chi connectivity index (χ1) is 9.66. The van der Waals surface area contributed by atoms with Crippen LogP contribution in [0, 0.1) is 0 Å². The second kappa shape index (κ2) is 6.65. The smallest absolute Gasteiger partial charge is 0.198 e. The van der Waals surface area contributed by atoms with Gasteiger partial charge in [0.1, 0.15) is 5.78 Å². The van der Waals surface area contributed by atoms with Crippen molar-refractivity contribution in [2.24, 2.45) is 0 Å². The molecule has 0 saturated heterocycles. The lowest BCUT2D eigenvalue weighted by Crippen LogP contribution is -2.07. The molecule has 0 aromatic carbocycles. The average molecular weight is 274 g/mol. The quantitative estimate of drug-likeness (QED) is 0.691. The van der Waals surface area contributed by atoms with Gasteiger partial charge in [-0.3, -0.25) is 14.4 Å². The molecule has 20 heavy (non-hydrogen) atoms. The van der Waals surface area contributed by atoms with E-state index in [9.17, 15) is 14.4 Å². The lowest BCUT2D eigenvalue weighted by Gasteiger charge is -1.99. The highest BCUT2D eigenvalue weighted by Crippen LogP contribution is 2.10. The minimum Gasteiger partial charge on any atom is -0.461 e. The Labute approximate surface area is 115 Å². The van der Waals surface area contributed by atoms with Gasteiger partial charge in [0.2, 0.25) is 0 Å². The van der Waals surface area contributed by atoms with E-state index in [-0.39, 0.29) is 54.6 Å². The largest absolute Gasteiger partial charge is 0.461 e. The molecule has 0 unspecified atom stereocenters. The fraction of sp³-hybridized carbons (Fsp3) is 0.267. The Morgan fingerprint density at radius 3 is 1.55 bits per heavy atom. The molecule has 0 saturated carbocycles. The number of hydrogen-bond acceptors (Lipinski definition) is 5. The molecule has 0 amide bonds. The maximum absolute atomic E-state index is 11.6. The lowest BCUT2D eigenvalue weighted by molar-refractivity contribution is -0.119. The Hall–Kier alpha value is -2.43. The summed E-state index contributed by atoms with van der Waals surface area (Å²) < 4.78 is 9.89. The fourth-order valence-electron chi connectivity index (χ4n) is 1.75. The van der Waals surface area contributed by atoms with Crippen LogP contribution in [0.3, 0.4) is 0 Å². The van der Waals surface area contributed by atoms with Gasteiger partial charge in [0.05, 0.1) is 12.5 Å².